The highest BCUT2D eigenvalue weighted by Gasteiger charge is 2.29. The minimum Gasteiger partial charge on any atom is -0.508 e. The number of benzene rings is 1. The van der Waals surface area contributed by atoms with Gasteiger partial charge in [-0.3, -0.25) is 0 Å². The predicted octanol–water partition coefficient (Wildman–Crippen LogP) is 2.54. The van der Waals surface area contributed by atoms with Crippen LogP contribution in [0, 0.1) is 0 Å². The molecule has 0 radical (unpaired) electrons. The van der Waals surface area contributed by atoms with E-state index in [0.29, 0.717) is 23.9 Å². The van der Waals surface area contributed by atoms with Crippen molar-refractivity contribution < 1.29 is 9.84 Å². The van der Waals surface area contributed by atoms with Gasteiger partial charge in [0, 0.05) is 18.7 Å². The summed E-state index contributed by atoms with van der Waals surface area (Å²) in [5.74, 6) is 0.446. The van der Waals surface area contributed by atoms with Crippen molar-refractivity contribution in [2.75, 3.05) is 6.61 Å². The van der Waals surface area contributed by atoms with Gasteiger partial charge in [-0.25, -0.2) is 0 Å². The van der Waals surface area contributed by atoms with E-state index >= 15 is 0 Å². The van der Waals surface area contributed by atoms with Gasteiger partial charge in [-0.2, -0.15) is 0 Å². The highest BCUT2D eigenvalue weighted by molar-refractivity contribution is 5.44. The number of phenols is 1. The van der Waals surface area contributed by atoms with Crippen LogP contribution in [0.15, 0.2) is 18.2 Å². The first-order valence-electron chi connectivity index (χ1n) is 6.94. The normalized spacial score (nSPS) is 28.3. The minimum absolute atomic E-state index is 0.353. The van der Waals surface area contributed by atoms with E-state index in [1.165, 1.54) is 12.0 Å². The second kappa shape index (κ2) is 4.90. The van der Waals surface area contributed by atoms with Gasteiger partial charge in [-0.15, -0.1) is 0 Å². The van der Waals surface area contributed by atoms with Crippen molar-refractivity contribution >= 4 is 0 Å². The van der Waals surface area contributed by atoms with Gasteiger partial charge in [0.05, 0.1) is 6.10 Å². The summed E-state index contributed by atoms with van der Waals surface area (Å²) in [6.07, 6.45) is 4.74. The highest BCUT2D eigenvalue weighted by Crippen LogP contribution is 2.36. The molecule has 0 amide bonds. The zero-order valence-corrected chi connectivity index (χ0v) is 10.9. The summed E-state index contributed by atoms with van der Waals surface area (Å²) < 4.78 is 5.72. The van der Waals surface area contributed by atoms with Crippen LogP contribution in [-0.4, -0.2) is 23.9 Å². The predicted molar refractivity (Wildman–Crippen MR) is 70.7 cm³/mol. The third-order valence-corrected chi connectivity index (χ3v) is 4.23. The van der Waals surface area contributed by atoms with E-state index in [1.807, 2.05) is 6.07 Å². The zero-order valence-electron chi connectivity index (χ0n) is 10.9. The maximum absolute atomic E-state index is 9.84. The Hall–Kier alpha value is -1.06. The van der Waals surface area contributed by atoms with Crippen LogP contribution in [0.5, 0.6) is 5.75 Å². The highest BCUT2D eigenvalue weighted by atomic mass is 16.5. The zero-order chi connectivity index (χ0) is 12.5. The van der Waals surface area contributed by atoms with Crippen LogP contribution in [0.2, 0.25) is 0 Å². The third-order valence-electron chi connectivity index (χ3n) is 4.23. The number of nitrogens with one attached hydrogen (secondary N) is 1. The molecule has 1 fully saturated rings. The number of rotatable bonds is 3. The van der Waals surface area contributed by atoms with E-state index in [1.54, 1.807) is 6.07 Å². The molecule has 1 aliphatic carbocycles. The second-order valence-electron chi connectivity index (χ2n) is 5.44. The van der Waals surface area contributed by atoms with E-state index in [2.05, 4.69) is 18.3 Å². The van der Waals surface area contributed by atoms with Gasteiger partial charge in [0.15, 0.2) is 0 Å². The number of fused-ring (bicyclic) bond motifs is 1. The monoisotopic (exact) mass is 247 g/mol. The number of ether oxygens (including phenoxy) is 1. The van der Waals surface area contributed by atoms with Gasteiger partial charge in [-0.1, -0.05) is 12.1 Å². The Morgan fingerprint density at radius 3 is 3.06 bits per heavy atom. The molecule has 1 aromatic rings. The van der Waals surface area contributed by atoms with Crippen molar-refractivity contribution in [3.8, 4) is 5.75 Å². The first-order chi connectivity index (χ1) is 8.75. The molecule has 1 heterocycles. The van der Waals surface area contributed by atoms with Gasteiger partial charge in [0.25, 0.3) is 0 Å². The molecule has 3 rings (SSSR count). The lowest BCUT2D eigenvalue weighted by Gasteiger charge is -2.24. The molecule has 18 heavy (non-hydrogen) atoms. The summed E-state index contributed by atoms with van der Waals surface area (Å²) in [7, 11) is 0. The smallest absolute Gasteiger partial charge is 0.119 e. The van der Waals surface area contributed by atoms with Crippen molar-refractivity contribution in [1.82, 2.24) is 5.32 Å². The van der Waals surface area contributed by atoms with E-state index in [0.717, 1.165) is 31.4 Å². The standard InChI is InChI=1S/C15H21NO2/c1-10(15-6-3-9-18-15)16-13-8-7-12-11(13)4-2-5-14(12)17/h2,4-5,10,13,15-17H,3,6-9H2,1H3. The molecule has 0 spiro atoms. The van der Waals surface area contributed by atoms with Crippen LogP contribution in [0.25, 0.3) is 0 Å². The van der Waals surface area contributed by atoms with Crippen LogP contribution in [0.3, 0.4) is 0 Å². The summed E-state index contributed by atoms with van der Waals surface area (Å²) in [5, 5.41) is 13.5. The Balaban J connectivity index is 1.70. The van der Waals surface area contributed by atoms with E-state index in [-0.39, 0.29) is 0 Å². The van der Waals surface area contributed by atoms with Crippen LogP contribution < -0.4 is 5.32 Å². The quantitative estimate of drug-likeness (QED) is 0.862. The van der Waals surface area contributed by atoms with Crippen molar-refractivity contribution in [2.45, 2.75) is 50.8 Å². The number of hydrogen-bond acceptors (Lipinski definition) is 3. The SMILES string of the molecule is CC(NC1CCc2c(O)cccc21)C1CCCO1. The lowest BCUT2D eigenvalue weighted by atomic mass is 10.0. The summed E-state index contributed by atoms with van der Waals surface area (Å²) in [4.78, 5) is 0. The molecule has 0 aromatic heterocycles. The van der Waals surface area contributed by atoms with Gasteiger partial charge < -0.3 is 15.2 Å². The summed E-state index contributed by atoms with van der Waals surface area (Å²) in [6.45, 7) is 3.11. The maximum atomic E-state index is 9.84. The molecule has 2 aliphatic rings. The largest absolute Gasteiger partial charge is 0.508 e. The molecule has 1 aliphatic heterocycles. The van der Waals surface area contributed by atoms with Crippen molar-refractivity contribution in [3.63, 3.8) is 0 Å². The fraction of sp³-hybridized carbons (Fsp3) is 0.600. The molecular formula is C15H21NO2. The van der Waals surface area contributed by atoms with Crippen LogP contribution in [0.4, 0.5) is 0 Å². The fourth-order valence-corrected chi connectivity index (χ4v) is 3.23. The Bertz CT molecular complexity index is 427. The molecule has 98 valence electrons. The topological polar surface area (TPSA) is 41.5 Å². The van der Waals surface area contributed by atoms with Crippen molar-refractivity contribution in [3.05, 3.63) is 29.3 Å². The lowest BCUT2D eigenvalue weighted by molar-refractivity contribution is 0.0797. The number of hydrogen-bond donors (Lipinski definition) is 2. The minimum atomic E-state index is 0.353. The molecule has 3 unspecified atom stereocenters. The number of aromatic hydroxyl groups is 1. The molecular weight excluding hydrogens is 226 g/mol. The van der Waals surface area contributed by atoms with Gasteiger partial charge in [0.1, 0.15) is 5.75 Å². The molecule has 3 atom stereocenters. The lowest BCUT2D eigenvalue weighted by Crippen LogP contribution is -2.38. The summed E-state index contributed by atoms with van der Waals surface area (Å²) >= 11 is 0. The second-order valence-corrected chi connectivity index (χ2v) is 5.44. The molecule has 1 aromatic carbocycles. The first kappa shape index (κ1) is 12.0. The Labute approximate surface area is 108 Å². The van der Waals surface area contributed by atoms with Crippen LogP contribution in [-0.2, 0) is 11.2 Å². The Morgan fingerprint density at radius 2 is 2.28 bits per heavy atom. The van der Waals surface area contributed by atoms with Crippen LogP contribution >= 0.6 is 0 Å². The Morgan fingerprint density at radius 1 is 1.39 bits per heavy atom. The average Bonchev–Trinajstić information content (AvgIpc) is 2.99. The van der Waals surface area contributed by atoms with E-state index in [9.17, 15) is 5.11 Å². The Kier molecular flexibility index (Phi) is 3.27. The molecule has 0 bridgehead atoms. The van der Waals surface area contributed by atoms with Crippen molar-refractivity contribution in [2.24, 2.45) is 0 Å². The van der Waals surface area contributed by atoms with Gasteiger partial charge in [0.2, 0.25) is 0 Å². The maximum Gasteiger partial charge on any atom is 0.119 e. The average molecular weight is 247 g/mol. The summed E-state index contributed by atoms with van der Waals surface area (Å²) in [6, 6.07) is 6.59. The molecule has 3 nitrogen and oxygen atoms in total. The summed E-state index contributed by atoms with van der Waals surface area (Å²) in [5.41, 5.74) is 2.38. The number of phenolic OH excluding ortho intramolecular Hbond substituents is 1. The molecule has 0 saturated carbocycles. The van der Waals surface area contributed by atoms with Gasteiger partial charge in [-0.05, 0) is 49.8 Å². The van der Waals surface area contributed by atoms with Gasteiger partial charge >= 0.3 is 0 Å². The van der Waals surface area contributed by atoms with Crippen molar-refractivity contribution in [1.29, 1.82) is 0 Å². The molecule has 2 N–H and O–H groups in total. The third kappa shape index (κ3) is 2.13. The fourth-order valence-electron chi connectivity index (χ4n) is 3.23. The van der Waals surface area contributed by atoms with E-state index in [4.69, 9.17) is 4.74 Å². The first-order valence-corrected chi connectivity index (χ1v) is 6.94. The molecule has 3 heteroatoms. The van der Waals surface area contributed by atoms with E-state index < -0.39 is 0 Å². The molecule has 1 saturated heterocycles. The van der Waals surface area contributed by atoms with Crippen LogP contribution in [0.1, 0.15) is 43.4 Å².